The monoisotopic (exact) mass is 248 g/mol. The number of aryl methyl sites for hydroxylation is 1. The van der Waals surface area contributed by atoms with Crippen LogP contribution in [0.1, 0.15) is 19.0 Å². The van der Waals surface area contributed by atoms with Crippen LogP contribution in [0.5, 0.6) is 0 Å². The molecule has 0 bridgehead atoms. The molecule has 1 rings (SSSR count). The molecule has 5 heteroatoms. The maximum Gasteiger partial charge on any atom is 0.281 e. The first-order valence-corrected chi connectivity index (χ1v) is 4.96. The second kappa shape index (κ2) is 4.62. The van der Waals surface area contributed by atoms with Crippen molar-refractivity contribution in [3.8, 4) is 0 Å². The van der Waals surface area contributed by atoms with E-state index in [-0.39, 0.29) is 5.56 Å². The largest absolute Gasteiger partial charge is 0.378 e. The molecule has 1 N–H and O–H groups in total. The maximum absolute atomic E-state index is 11.5. The van der Waals surface area contributed by atoms with Crippen LogP contribution >= 0.6 is 15.9 Å². The van der Waals surface area contributed by atoms with Crippen molar-refractivity contribution in [3.05, 3.63) is 20.5 Å². The lowest BCUT2D eigenvalue weighted by Gasteiger charge is -1.97. The number of halogens is 1. The molecule has 1 aromatic heterocycles. The van der Waals surface area contributed by atoms with Gasteiger partial charge in [0.2, 0.25) is 0 Å². The summed E-state index contributed by atoms with van der Waals surface area (Å²) in [7, 11) is 1.60. The van der Waals surface area contributed by atoms with Crippen LogP contribution in [0, 0.1) is 0 Å². The van der Waals surface area contributed by atoms with E-state index in [0.29, 0.717) is 17.6 Å². The highest BCUT2D eigenvalue weighted by molar-refractivity contribution is 9.10. The van der Waals surface area contributed by atoms with Gasteiger partial charge in [-0.1, -0.05) is 6.92 Å². The van der Waals surface area contributed by atoms with E-state index in [2.05, 4.69) is 21.0 Å². The van der Waals surface area contributed by atoms with Gasteiger partial charge in [0.05, 0.1) is 12.3 Å². The van der Waals surface area contributed by atoms with Gasteiger partial charge in [0, 0.05) is 13.7 Å². The average Bonchev–Trinajstić information content (AvgIpc) is 2.36. The van der Waals surface area contributed by atoms with E-state index in [0.717, 1.165) is 12.1 Å². The van der Waals surface area contributed by atoms with E-state index in [1.54, 1.807) is 11.8 Å². The summed E-state index contributed by atoms with van der Waals surface area (Å²) in [6, 6.07) is 0. The van der Waals surface area contributed by atoms with Crippen molar-refractivity contribution in [2.45, 2.75) is 26.5 Å². The first kappa shape index (κ1) is 10.5. The highest BCUT2D eigenvalue weighted by Crippen LogP contribution is 2.10. The predicted octanol–water partition coefficient (Wildman–Crippen LogP) is 1.50. The first-order valence-electron chi connectivity index (χ1n) is 4.16. The van der Waals surface area contributed by atoms with Gasteiger partial charge < -0.3 is 4.74 Å². The van der Waals surface area contributed by atoms with Crippen LogP contribution in [-0.4, -0.2) is 16.9 Å². The molecule has 0 atom stereocenters. The van der Waals surface area contributed by atoms with Crippen LogP contribution in [0.25, 0.3) is 0 Å². The van der Waals surface area contributed by atoms with Gasteiger partial charge in [-0.15, -0.1) is 0 Å². The van der Waals surface area contributed by atoms with E-state index >= 15 is 0 Å². The molecule has 0 aliphatic heterocycles. The second-order valence-corrected chi connectivity index (χ2v) is 3.59. The Balaban J connectivity index is 2.98. The van der Waals surface area contributed by atoms with Crippen LogP contribution in [0.15, 0.2) is 9.27 Å². The summed E-state index contributed by atoms with van der Waals surface area (Å²) in [5, 5.41) is 2.98. The van der Waals surface area contributed by atoms with Gasteiger partial charge in [-0.25, -0.2) is 0 Å². The van der Waals surface area contributed by atoms with Gasteiger partial charge >= 0.3 is 0 Å². The van der Waals surface area contributed by atoms with Crippen molar-refractivity contribution in [2.75, 3.05) is 7.11 Å². The Morgan fingerprint density at radius 2 is 2.31 bits per heavy atom. The minimum absolute atomic E-state index is 0.0195. The van der Waals surface area contributed by atoms with Crippen molar-refractivity contribution in [2.24, 2.45) is 0 Å². The fourth-order valence-electron chi connectivity index (χ4n) is 1.13. The summed E-state index contributed by atoms with van der Waals surface area (Å²) in [5.74, 6) is 0. The molecular weight excluding hydrogens is 236 g/mol. The Morgan fingerprint density at radius 3 is 2.85 bits per heavy atom. The number of hydrogen-bond acceptors (Lipinski definition) is 2. The summed E-state index contributed by atoms with van der Waals surface area (Å²) in [6.45, 7) is 3.16. The zero-order valence-electron chi connectivity index (χ0n) is 7.76. The first-order chi connectivity index (χ1) is 6.20. The van der Waals surface area contributed by atoms with E-state index in [1.807, 2.05) is 6.92 Å². The topological polar surface area (TPSA) is 47.0 Å². The van der Waals surface area contributed by atoms with Crippen LogP contribution in [0.4, 0.5) is 0 Å². The molecule has 0 fully saturated rings. The normalized spacial score (nSPS) is 10.7. The Kier molecular flexibility index (Phi) is 3.74. The molecule has 0 aromatic carbocycles. The Hall–Kier alpha value is -0.550. The molecule has 4 nitrogen and oxygen atoms in total. The van der Waals surface area contributed by atoms with Crippen LogP contribution in [0.2, 0.25) is 0 Å². The summed E-state index contributed by atoms with van der Waals surface area (Å²) in [6.07, 6.45) is 0.930. The van der Waals surface area contributed by atoms with E-state index in [9.17, 15) is 4.79 Å². The van der Waals surface area contributed by atoms with Crippen LogP contribution < -0.4 is 5.56 Å². The van der Waals surface area contributed by atoms with Crippen molar-refractivity contribution in [1.29, 1.82) is 0 Å². The van der Waals surface area contributed by atoms with Gasteiger partial charge in [0.25, 0.3) is 5.56 Å². The second-order valence-electron chi connectivity index (χ2n) is 2.79. The molecule has 0 aliphatic carbocycles. The molecule has 0 aliphatic rings. The Bertz CT molecular complexity index is 329. The SMILES string of the molecule is CCCn1[nH]c(COC)c(Br)c1=O. The number of rotatable bonds is 4. The quantitative estimate of drug-likeness (QED) is 0.878. The average molecular weight is 249 g/mol. The molecule has 0 radical (unpaired) electrons. The minimum Gasteiger partial charge on any atom is -0.378 e. The number of H-pyrrole nitrogens is 1. The predicted molar refractivity (Wildman–Crippen MR) is 53.8 cm³/mol. The number of aromatic amines is 1. The highest BCUT2D eigenvalue weighted by atomic mass is 79.9. The zero-order valence-corrected chi connectivity index (χ0v) is 9.35. The van der Waals surface area contributed by atoms with Crippen LogP contribution in [0.3, 0.4) is 0 Å². The Morgan fingerprint density at radius 1 is 1.62 bits per heavy atom. The number of hydrogen-bond donors (Lipinski definition) is 1. The van der Waals surface area contributed by atoms with Crippen molar-refractivity contribution in [3.63, 3.8) is 0 Å². The third kappa shape index (κ3) is 2.22. The van der Waals surface area contributed by atoms with Crippen molar-refractivity contribution >= 4 is 15.9 Å². The fourth-order valence-corrected chi connectivity index (χ4v) is 1.55. The standard InChI is InChI=1S/C8H13BrN2O2/c1-3-4-11-8(12)7(9)6(10-11)5-13-2/h10H,3-5H2,1-2H3. The van der Waals surface area contributed by atoms with Gasteiger partial charge in [-0.05, 0) is 22.4 Å². The minimum atomic E-state index is -0.0195. The lowest BCUT2D eigenvalue weighted by molar-refractivity contribution is 0.180. The number of methoxy groups -OCH3 is 1. The molecule has 1 aromatic rings. The molecule has 74 valence electrons. The van der Waals surface area contributed by atoms with Crippen molar-refractivity contribution < 1.29 is 4.74 Å². The van der Waals surface area contributed by atoms with Gasteiger partial charge in [0.1, 0.15) is 4.47 Å². The lowest BCUT2D eigenvalue weighted by Crippen LogP contribution is -2.16. The third-order valence-electron chi connectivity index (χ3n) is 1.70. The molecule has 0 saturated carbocycles. The molecule has 13 heavy (non-hydrogen) atoms. The number of aromatic nitrogens is 2. The van der Waals surface area contributed by atoms with Gasteiger partial charge in [-0.3, -0.25) is 14.6 Å². The van der Waals surface area contributed by atoms with Crippen molar-refractivity contribution in [1.82, 2.24) is 9.78 Å². The molecule has 0 spiro atoms. The molecule has 0 saturated heterocycles. The molecule has 0 amide bonds. The fraction of sp³-hybridized carbons (Fsp3) is 0.625. The summed E-state index contributed by atoms with van der Waals surface area (Å²) >= 11 is 3.23. The van der Waals surface area contributed by atoms with Gasteiger partial charge in [0.15, 0.2) is 0 Å². The van der Waals surface area contributed by atoms with Gasteiger partial charge in [-0.2, -0.15) is 0 Å². The summed E-state index contributed by atoms with van der Waals surface area (Å²) < 4.78 is 7.10. The highest BCUT2D eigenvalue weighted by Gasteiger charge is 2.09. The van der Waals surface area contributed by atoms with E-state index in [1.165, 1.54) is 0 Å². The molecular formula is C8H13BrN2O2. The van der Waals surface area contributed by atoms with E-state index in [4.69, 9.17) is 4.74 Å². The Labute approximate surface area is 85.0 Å². The molecule has 0 unspecified atom stereocenters. The summed E-state index contributed by atoms with van der Waals surface area (Å²) in [5.41, 5.74) is 0.773. The lowest BCUT2D eigenvalue weighted by atomic mass is 10.4. The van der Waals surface area contributed by atoms with Crippen LogP contribution in [-0.2, 0) is 17.9 Å². The maximum atomic E-state index is 11.5. The smallest absolute Gasteiger partial charge is 0.281 e. The molecule has 1 heterocycles. The number of nitrogens with zero attached hydrogens (tertiary/aromatic N) is 1. The number of nitrogens with one attached hydrogen (secondary N) is 1. The summed E-state index contributed by atoms with van der Waals surface area (Å²) in [4.78, 5) is 11.5. The zero-order chi connectivity index (χ0) is 9.84. The number of ether oxygens (including phenoxy) is 1. The third-order valence-corrected chi connectivity index (χ3v) is 2.52. The van der Waals surface area contributed by atoms with E-state index < -0.39 is 0 Å².